The third-order valence-electron chi connectivity index (χ3n) is 4.36. The maximum Gasteiger partial charge on any atom is 0.0599 e. The number of benzene rings is 1. The van der Waals surface area contributed by atoms with Crippen LogP contribution in [-0.4, -0.2) is 37.2 Å². The van der Waals surface area contributed by atoms with Gasteiger partial charge < -0.3 is 10.5 Å². The van der Waals surface area contributed by atoms with Gasteiger partial charge in [-0.15, -0.1) is 0 Å². The molecule has 2 rings (SSSR count). The van der Waals surface area contributed by atoms with E-state index in [1.54, 1.807) is 7.11 Å². The highest BCUT2D eigenvalue weighted by molar-refractivity contribution is 9.10. The average Bonchev–Trinajstić information content (AvgIpc) is 2.50. The molecule has 1 aromatic rings. The molecular weight excluding hydrogens is 316 g/mol. The van der Waals surface area contributed by atoms with Gasteiger partial charge in [0, 0.05) is 36.8 Å². The third-order valence-corrected chi connectivity index (χ3v) is 4.89. The van der Waals surface area contributed by atoms with Crippen LogP contribution in [0.5, 0.6) is 0 Å². The fourth-order valence-corrected chi connectivity index (χ4v) is 3.50. The van der Waals surface area contributed by atoms with Crippen molar-refractivity contribution in [1.29, 1.82) is 0 Å². The van der Waals surface area contributed by atoms with Crippen LogP contribution < -0.4 is 5.73 Å². The van der Waals surface area contributed by atoms with Crippen molar-refractivity contribution < 1.29 is 4.74 Å². The molecule has 112 valence electrons. The minimum absolute atomic E-state index is 0.363. The average molecular weight is 341 g/mol. The summed E-state index contributed by atoms with van der Waals surface area (Å²) in [7, 11) is 1.81. The zero-order valence-corrected chi connectivity index (χ0v) is 14.0. The highest BCUT2D eigenvalue weighted by atomic mass is 79.9. The summed E-state index contributed by atoms with van der Waals surface area (Å²) in [6, 6.07) is 9.55. The van der Waals surface area contributed by atoms with Gasteiger partial charge in [0.25, 0.3) is 0 Å². The van der Waals surface area contributed by atoms with Crippen LogP contribution in [0.4, 0.5) is 0 Å². The topological polar surface area (TPSA) is 38.5 Å². The van der Waals surface area contributed by atoms with Crippen LogP contribution in [-0.2, 0) is 4.74 Å². The Labute approximate surface area is 130 Å². The molecule has 1 saturated heterocycles. The van der Waals surface area contributed by atoms with E-state index < -0.39 is 0 Å². The lowest BCUT2D eigenvalue weighted by Crippen LogP contribution is -2.49. The van der Waals surface area contributed by atoms with E-state index in [1.807, 2.05) is 0 Å². The van der Waals surface area contributed by atoms with Crippen molar-refractivity contribution in [2.45, 2.75) is 44.4 Å². The molecule has 0 aromatic heterocycles. The van der Waals surface area contributed by atoms with Crippen LogP contribution in [0.1, 0.15) is 37.8 Å². The highest BCUT2D eigenvalue weighted by Crippen LogP contribution is 2.32. The molecule has 4 heteroatoms. The van der Waals surface area contributed by atoms with Crippen LogP contribution in [0.3, 0.4) is 0 Å². The first-order valence-electron chi connectivity index (χ1n) is 7.43. The summed E-state index contributed by atoms with van der Waals surface area (Å²) in [6.45, 7) is 4.02. The Morgan fingerprint density at radius 1 is 1.40 bits per heavy atom. The van der Waals surface area contributed by atoms with Crippen LogP contribution in [0, 0.1) is 0 Å². The molecule has 0 spiro atoms. The molecule has 3 unspecified atom stereocenters. The first-order chi connectivity index (χ1) is 9.69. The molecule has 0 radical (unpaired) electrons. The van der Waals surface area contributed by atoms with Crippen molar-refractivity contribution in [3.63, 3.8) is 0 Å². The van der Waals surface area contributed by atoms with E-state index in [1.165, 1.54) is 5.56 Å². The molecule has 0 amide bonds. The lowest BCUT2D eigenvalue weighted by molar-refractivity contribution is -0.00554. The van der Waals surface area contributed by atoms with E-state index in [0.717, 1.165) is 30.3 Å². The van der Waals surface area contributed by atoms with Gasteiger partial charge in [-0.3, -0.25) is 4.90 Å². The van der Waals surface area contributed by atoms with E-state index in [0.29, 0.717) is 24.7 Å². The maximum atomic E-state index is 6.00. The van der Waals surface area contributed by atoms with Gasteiger partial charge in [-0.25, -0.2) is 0 Å². The van der Waals surface area contributed by atoms with Crippen molar-refractivity contribution in [1.82, 2.24) is 4.90 Å². The van der Waals surface area contributed by atoms with Crippen molar-refractivity contribution in [2.24, 2.45) is 5.73 Å². The first kappa shape index (κ1) is 16.0. The second-order valence-electron chi connectivity index (χ2n) is 5.49. The Kier molecular flexibility index (Phi) is 6.02. The molecule has 1 heterocycles. The molecule has 1 aromatic carbocycles. The molecule has 3 nitrogen and oxygen atoms in total. The lowest BCUT2D eigenvalue weighted by Gasteiger charge is -2.43. The first-order valence-corrected chi connectivity index (χ1v) is 8.23. The summed E-state index contributed by atoms with van der Waals surface area (Å²) >= 11 is 3.51. The second-order valence-corrected chi connectivity index (χ2v) is 6.40. The number of hydrogen-bond acceptors (Lipinski definition) is 3. The van der Waals surface area contributed by atoms with Crippen LogP contribution in [0.2, 0.25) is 0 Å². The molecular formula is C16H25BrN2O. The molecule has 3 atom stereocenters. The zero-order chi connectivity index (χ0) is 14.5. The van der Waals surface area contributed by atoms with Crippen LogP contribution in [0.15, 0.2) is 28.7 Å². The van der Waals surface area contributed by atoms with E-state index in [2.05, 4.69) is 52.0 Å². The van der Waals surface area contributed by atoms with E-state index in [9.17, 15) is 0 Å². The number of rotatable bonds is 5. The fourth-order valence-electron chi connectivity index (χ4n) is 3.23. The minimum Gasteiger partial charge on any atom is -0.381 e. The van der Waals surface area contributed by atoms with E-state index in [4.69, 9.17) is 10.5 Å². The number of methoxy groups -OCH3 is 1. The molecule has 1 aliphatic rings. The number of hydrogen-bond donors (Lipinski definition) is 1. The maximum absolute atomic E-state index is 6.00. The van der Waals surface area contributed by atoms with E-state index in [-0.39, 0.29) is 0 Å². The molecule has 1 fully saturated rings. The van der Waals surface area contributed by atoms with Gasteiger partial charge in [0.15, 0.2) is 0 Å². The summed E-state index contributed by atoms with van der Waals surface area (Å²) in [5.74, 6) is 0. The van der Waals surface area contributed by atoms with E-state index >= 15 is 0 Å². The van der Waals surface area contributed by atoms with Crippen LogP contribution >= 0.6 is 15.9 Å². The Morgan fingerprint density at radius 3 is 2.65 bits per heavy atom. The summed E-state index contributed by atoms with van der Waals surface area (Å²) in [5, 5.41) is 0. The van der Waals surface area contributed by atoms with Gasteiger partial charge in [0.1, 0.15) is 0 Å². The number of piperidine rings is 1. The number of halogens is 1. The summed E-state index contributed by atoms with van der Waals surface area (Å²) in [5.41, 5.74) is 7.38. The van der Waals surface area contributed by atoms with Crippen molar-refractivity contribution in [3.8, 4) is 0 Å². The second kappa shape index (κ2) is 7.55. The molecule has 0 saturated carbocycles. The van der Waals surface area contributed by atoms with Gasteiger partial charge in [-0.1, -0.05) is 35.0 Å². The van der Waals surface area contributed by atoms with Crippen molar-refractivity contribution >= 4 is 15.9 Å². The number of nitrogens with two attached hydrogens (primary N) is 1. The predicted octanol–water partition coefficient (Wildman–Crippen LogP) is 3.34. The Bertz CT molecular complexity index is 409. The van der Waals surface area contributed by atoms with Gasteiger partial charge in [-0.05, 0) is 37.0 Å². The zero-order valence-electron chi connectivity index (χ0n) is 12.4. The summed E-state index contributed by atoms with van der Waals surface area (Å²) in [6.07, 6.45) is 3.61. The van der Waals surface area contributed by atoms with Gasteiger partial charge in [0.05, 0.1) is 6.10 Å². The van der Waals surface area contributed by atoms with Gasteiger partial charge in [0.2, 0.25) is 0 Å². The Hall–Kier alpha value is -0.420. The molecule has 20 heavy (non-hydrogen) atoms. The Morgan fingerprint density at radius 2 is 2.10 bits per heavy atom. The van der Waals surface area contributed by atoms with Crippen LogP contribution in [0.25, 0.3) is 0 Å². The summed E-state index contributed by atoms with van der Waals surface area (Å²) < 4.78 is 6.65. The molecule has 0 bridgehead atoms. The SMILES string of the molecule is CCC(c1ccc(Br)cc1)N1CCC(OC)CC1CN. The monoisotopic (exact) mass is 340 g/mol. The highest BCUT2D eigenvalue weighted by Gasteiger charge is 2.32. The summed E-state index contributed by atoms with van der Waals surface area (Å²) in [4.78, 5) is 2.57. The van der Waals surface area contributed by atoms with Gasteiger partial charge >= 0.3 is 0 Å². The fraction of sp³-hybridized carbons (Fsp3) is 0.625. The normalized spacial score (nSPS) is 25.6. The quantitative estimate of drug-likeness (QED) is 0.893. The lowest BCUT2D eigenvalue weighted by atomic mass is 9.93. The van der Waals surface area contributed by atoms with Crippen molar-refractivity contribution in [2.75, 3.05) is 20.2 Å². The number of likely N-dealkylation sites (tertiary alicyclic amines) is 1. The standard InChI is InChI=1S/C16H25BrN2O/c1-3-16(12-4-6-13(17)7-5-12)19-9-8-15(20-2)10-14(19)11-18/h4-7,14-16H,3,8-11,18H2,1-2H3. The smallest absolute Gasteiger partial charge is 0.0599 e. The molecule has 0 aliphatic carbocycles. The minimum atomic E-state index is 0.363. The number of ether oxygens (including phenoxy) is 1. The Balaban J connectivity index is 2.15. The third kappa shape index (κ3) is 3.61. The number of nitrogens with zero attached hydrogens (tertiary/aromatic N) is 1. The largest absolute Gasteiger partial charge is 0.381 e. The van der Waals surface area contributed by atoms with Gasteiger partial charge in [-0.2, -0.15) is 0 Å². The van der Waals surface area contributed by atoms with Crippen molar-refractivity contribution in [3.05, 3.63) is 34.3 Å². The molecule has 2 N–H and O–H groups in total. The molecule has 1 aliphatic heterocycles. The predicted molar refractivity (Wildman–Crippen MR) is 86.8 cm³/mol.